The third kappa shape index (κ3) is 3.50. The van der Waals surface area contributed by atoms with Gasteiger partial charge in [0.15, 0.2) is 5.13 Å². The van der Waals surface area contributed by atoms with Crippen molar-refractivity contribution in [2.24, 2.45) is 0 Å². The maximum absolute atomic E-state index is 13.7. The minimum absolute atomic E-state index is 0.158. The van der Waals surface area contributed by atoms with Crippen molar-refractivity contribution in [2.75, 3.05) is 12.4 Å². The normalized spacial score (nSPS) is 14.3. The summed E-state index contributed by atoms with van der Waals surface area (Å²) >= 11 is 0.882. The Balaban J connectivity index is 2.19. The van der Waals surface area contributed by atoms with E-state index in [2.05, 4.69) is 9.72 Å². The molecule has 0 saturated heterocycles. The number of nitrogens with zero attached hydrogens (tertiary/aromatic N) is 1. The highest BCUT2D eigenvalue weighted by molar-refractivity contribution is 7.14. The van der Waals surface area contributed by atoms with Crippen LogP contribution in [0.2, 0.25) is 0 Å². The molecule has 124 valence electrons. The largest absolute Gasteiger partial charge is 0.458 e. The van der Waals surface area contributed by atoms with Crippen LogP contribution in [-0.2, 0) is 9.53 Å². The molecule has 2 rings (SSSR count). The summed E-state index contributed by atoms with van der Waals surface area (Å²) in [5.74, 6) is -6.40. The molecule has 23 heavy (non-hydrogen) atoms. The molecule has 0 saturated carbocycles. The molecule has 0 unspecified atom stereocenters. The van der Waals surface area contributed by atoms with Crippen molar-refractivity contribution in [1.82, 2.24) is 4.98 Å². The van der Waals surface area contributed by atoms with Crippen LogP contribution < -0.4 is 5.32 Å². The summed E-state index contributed by atoms with van der Waals surface area (Å²) in [5.41, 5.74) is 2.21. The predicted molar refractivity (Wildman–Crippen MR) is 77.8 cm³/mol. The number of amides is 1. The lowest BCUT2D eigenvalue weighted by Gasteiger charge is -2.24. The molecular formula is C14H12F4N2O2S. The van der Waals surface area contributed by atoms with Gasteiger partial charge in [0.25, 0.3) is 0 Å². The van der Waals surface area contributed by atoms with E-state index >= 15 is 0 Å². The van der Waals surface area contributed by atoms with Gasteiger partial charge in [-0.05, 0) is 6.92 Å². The Hall–Kier alpha value is -2.00. The average molecular weight is 348 g/mol. The number of alkyl halides is 4. The monoisotopic (exact) mass is 348 g/mol. The molecule has 4 nitrogen and oxygen atoms in total. The third-order valence-electron chi connectivity index (χ3n) is 3.01. The first kappa shape index (κ1) is 17.4. The number of carbonyl (C=O) groups excluding carboxylic acids is 1. The van der Waals surface area contributed by atoms with Crippen molar-refractivity contribution in [2.45, 2.75) is 19.0 Å². The van der Waals surface area contributed by atoms with Crippen LogP contribution >= 0.6 is 11.3 Å². The summed E-state index contributed by atoms with van der Waals surface area (Å²) in [6.07, 6.45) is -5.50. The zero-order valence-electron chi connectivity index (χ0n) is 12.1. The van der Waals surface area contributed by atoms with E-state index in [0.29, 0.717) is 12.8 Å². The molecule has 0 bridgehead atoms. The number of halogens is 4. The van der Waals surface area contributed by atoms with Crippen LogP contribution in [0, 0.1) is 6.92 Å². The zero-order valence-corrected chi connectivity index (χ0v) is 12.9. The number of ether oxygens (including phenoxy) is 1. The Morgan fingerprint density at radius 2 is 1.83 bits per heavy atom. The lowest BCUT2D eigenvalue weighted by atomic mass is 10.1. The second kappa shape index (κ2) is 6.25. The second-order valence-corrected chi connectivity index (χ2v) is 5.51. The molecule has 0 aliphatic rings. The molecule has 9 heteroatoms. The van der Waals surface area contributed by atoms with Crippen LogP contribution in [0.3, 0.4) is 0 Å². The summed E-state index contributed by atoms with van der Waals surface area (Å²) in [5, 5.41) is 3.17. The number of nitrogens with one attached hydrogen (secondary N) is 1. The van der Waals surface area contributed by atoms with Gasteiger partial charge >= 0.3 is 17.9 Å². The van der Waals surface area contributed by atoms with Gasteiger partial charge in [0, 0.05) is 18.1 Å². The molecule has 0 radical (unpaired) electrons. The van der Waals surface area contributed by atoms with Crippen molar-refractivity contribution >= 4 is 22.4 Å². The highest BCUT2D eigenvalue weighted by atomic mass is 32.1. The van der Waals surface area contributed by atoms with Gasteiger partial charge in [-0.1, -0.05) is 29.8 Å². The number of aryl methyl sites for hydroxylation is 1. The lowest BCUT2D eigenvalue weighted by molar-refractivity contribution is -0.305. The predicted octanol–water partition coefficient (Wildman–Crippen LogP) is 3.93. The molecular weight excluding hydrogens is 336 g/mol. The topological polar surface area (TPSA) is 51.2 Å². The summed E-state index contributed by atoms with van der Waals surface area (Å²) in [4.78, 5) is 15.5. The van der Waals surface area contributed by atoms with Crippen LogP contribution in [0.1, 0.15) is 5.56 Å². The summed E-state index contributed by atoms with van der Waals surface area (Å²) in [6, 6.07) is 7.24. The molecule has 1 N–H and O–H groups in total. The SMILES string of the molecule is CO[C@](F)(C(=O)Nc1nc(-c2ccc(C)cc2)cs1)C(F)(F)F. The fraction of sp³-hybridized carbons (Fsp3) is 0.286. The van der Waals surface area contributed by atoms with Crippen LogP contribution in [0.4, 0.5) is 22.7 Å². The molecule has 0 spiro atoms. The highest BCUT2D eigenvalue weighted by Gasteiger charge is 2.63. The van der Waals surface area contributed by atoms with Crippen molar-refractivity contribution in [3.8, 4) is 11.3 Å². The van der Waals surface area contributed by atoms with Gasteiger partial charge in [-0.3, -0.25) is 10.1 Å². The number of aromatic nitrogens is 1. The van der Waals surface area contributed by atoms with Crippen LogP contribution in [0.25, 0.3) is 11.3 Å². The molecule has 1 atom stereocenters. The van der Waals surface area contributed by atoms with Crippen LogP contribution in [0.15, 0.2) is 29.6 Å². The van der Waals surface area contributed by atoms with E-state index in [4.69, 9.17) is 0 Å². The quantitative estimate of drug-likeness (QED) is 0.852. The maximum atomic E-state index is 13.7. The van der Waals surface area contributed by atoms with Crippen molar-refractivity contribution < 1.29 is 27.1 Å². The second-order valence-electron chi connectivity index (χ2n) is 4.66. The number of methoxy groups -OCH3 is 1. The van der Waals surface area contributed by atoms with E-state index in [1.165, 1.54) is 0 Å². The molecule has 0 fully saturated rings. The Morgan fingerprint density at radius 3 is 2.35 bits per heavy atom. The summed E-state index contributed by atoms with van der Waals surface area (Å²) < 4.78 is 55.2. The Morgan fingerprint density at radius 1 is 1.22 bits per heavy atom. The van der Waals surface area contributed by atoms with Gasteiger partial charge < -0.3 is 4.74 Å². The number of anilines is 1. The zero-order chi connectivity index (χ0) is 17.3. The van der Waals surface area contributed by atoms with E-state index < -0.39 is 17.9 Å². The minimum atomic E-state index is -5.50. The van der Waals surface area contributed by atoms with Gasteiger partial charge in [-0.25, -0.2) is 4.98 Å². The molecule has 2 aromatic rings. The lowest BCUT2D eigenvalue weighted by Crippen LogP contribution is -2.52. The number of hydrogen-bond donors (Lipinski definition) is 1. The van der Waals surface area contributed by atoms with Crippen molar-refractivity contribution in [3.63, 3.8) is 0 Å². The van der Waals surface area contributed by atoms with Gasteiger partial charge in [0.2, 0.25) is 0 Å². The summed E-state index contributed by atoms with van der Waals surface area (Å²) in [6.45, 7) is 1.90. The number of rotatable bonds is 4. The first-order chi connectivity index (χ1) is 10.7. The fourth-order valence-electron chi connectivity index (χ4n) is 1.70. The number of thiazole rings is 1. The van der Waals surface area contributed by atoms with Crippen LogP contribution in [-0.4, -0.2) is 30.0 Å². The van der Waals surface area contributed by atoms with E-state index in [1.807, 2.05) is 19.1 Å². The Labute approximate surface area is 133 Å². The highest BCUT2D eigenvalue weighted by Crippen LogP contribution is 2.36. The van der Waals surface area contributed by atoms with Gasteiger partial charge in [-0.2, -0.15) is 17.6 Å². The van der Waals surface area contributed by atoms with E-state index in [1.54, 1.807) is 22.8 Å². The van der Waals surface area contributed by atoms with Crippen molar-refractivity contribution in [1.29, 1.82) is 0 Å². The smallest absolute Gasteiger partial charge is 0.335 e. The molecule has 1 aromatic heterocycles. The maximum Gasteiger partial charge on any atom is 0.458 e. The van der Waals surface area contributed by atoms with Gasteiger partial charge in [0.1, 0.15) is 0 Å². The number of benzene rings is 1. The fourth-order valence-corrected chi connectivity index (χ4v) is 2.42. The van der Waals surface area contributed by atoms with E-state index in [-0.39, 0.29) is 5.13 Å². The van der Waals surface area contributed by atoms with Crippen LogP contribution in [0.5, 0.6) is 0 Å². The number of hydrogen-bond acceptors (Lipinski definition) is 4. The standard InChI is InChI=1S/C14H12F4N2O2S/c1-8-3-5-9(6-4-8)10-7-23-12(19-10)20-11(21)13(15,22-2)14(16,17)18/h3-7H,1-2H3,(H,19,20,21)/t13-/m1/s1. The Kier molecular flexibility index (Phi) is 4.71. The van der Waals surface area contributed by atoms with Gasteiger partial charge in [0.05, 0.1) is 5.69 Å². The third-order valence-corrected chi connectivity index (χ3v) is 3.77. The van der Waals surface area contributed by atoms with E-state index in [0.717, 1.165) is 22.5 Å². The molecule has 1 aromatic carbocycles. The first-order valence-electron chi connectivity index (χ1n) is 6.32. The molecule has 0 aliphatic carbocycles. The average Bonchev–Trinajstić information content (AvgIpc) is 2.94. The number of carbonyl (C=O) groups is 1. The summed E-state index contributed by atoms with van der Waals surface area (Å²) in [7, 11) is 0.465. The van der Waals surface area contributed by atoms with Crippen molar-refractivity contribution in [3.05, 3.63) is 35.2 Å². The molecule has 0 aliphatic heterocycles. The molecule has 1 heterocycles. The van der Waals surface area contributed by atoms with E-state index in [9.17, 15) is 22.4 Å². The molecule has 1 amide bonds. The first-order valence-corrected chi connectivity index (χ1v) is 7.20. The van der Waals surface area contributed by atoms with Gasteiger partial charge in [-0.15, -0.1) is 11.3 Å². The minimum Gasteiger partial charge on any atom is -0.335 e. The Bertz CT molecular complexity index is 700.